The molecule has 5 rings (SSSR count). The van der Waals surface area contributed by atoms with Crippen molar-refractivity contribution >= 4 is 28.6 Å². The molecule has 0 saturated heterocycles. The summed E-state index contributed by atoms with van der Waals surface area (Å²) >= 11 is 0. The summed E-state index contributed by atoms with van der Waals surface area (Å²) in [5, 5.41) is 18.4. The summed E-state index contributed by atoms with van der Waals surface area (Å²) in [7, 11) is 3.79. The van der Waals surface area contributed by atoms with E-state index in [0.29, 0.717) is 24.6 Å². The van der Waals surface area contributed by atoms with Crippen molar-refractivity contribution in [1.29, 1.82) is 0 Å². The minimum Gasteiger partial charge on any atom is -0.495 e. The lowest BCUT2D eigenvalue weighted by Crippen LogP contribution is -2.34. The zero-order valence-electron chi connectivity index (χ0n) is 19.3. The second kappa shape index (κ2) is 8.30. The number of hydrogen-bond acceptors (Lipinski definition) is 7. The molecule has 1 aliphatic carbocycles. The molecule has 174 valence electrons. The highest BCUT2D eigenvalue weighted by Gasteiger charge is 2.45. The van der Waals surface area contributed by atoms with Crippen LogP contribution < -0.4 is 10.1 Å². The van der Waals surface area contributed by atoms with E-state index in [1.165, 1.54) is 11.1 Å². The predicted octanol–water partition coefficient (Wildman–Crippen LogP) is 3.46. The van der Waals surface area contributed by atoms with Crippen LogP contribution in [0.5, 0.6) is 5.75 Å². The number of carboxylic acid groups (broad SMARTS) is 1. The summed E-state index contributed by atoms with van der Waals surface area (Å²) < 4.78 is 7.45. The van der Waals surface area contributed by atoms with Gasteiger partial charge in [0.25, 0.3) is 0 Å². The molecule has 2 N–H and O–H groups in total. The van der Waals surface area contributed by atoms with Crippen LogP contribution in [-0.2, 0) is 24.3 Å². The highest BCUT2D eigenvalue weighted by atomic mass is 16.5. The lowest BCUT2D eigenvalue weighted by molar-refractivity contribution is -0.150. The summed E-state index contributed by atoms with van der Waals surface area (Å²) in [6.45, 7) is 4.30. The Morgan fingerprint density at radius 1 is 1.33 bits per heavy atom. The highest BCUT2D eigenvalue weighted by Crippen LogP contribution is 2.44. The van der Waals surface area contributed by atoms with Gasteiger partial charge in [0, 0.05) is 25.8 Å². The highest BCUT2D eigenvalue weighted by molar-refractivity contribution is 5.77. The van der Waals surface area contributed by atoms with Crippen molar-refractivity contribution in [2.45, 2.75) is 45.7 Å². The Labute approximate surface area is 192 Å². The Balaban J connectivity index is 1.44. The third-order valence-electron chi connectivity index (χ3n) is 7.38. The van der Waals surface area contributed by atoms with E-state index in [1.54, 1.807) is 19.5 Å². The van der Waals surface area contributed by atoms with Crippen molar-refractivity contribution in [2.24, 2.45) is 11.3 Å². The van der Waals surface area contributed by atoms with Gasteiger partial charge >= 0.3 is 5.97 Å². The molecule has 9 heteroatoms. The van der Waals surface area contributed by atoms with Gasteiger partial charge < -0.3 is 20.1 Å². The molecule has 0 radical (unpaired) electrons. The first-order valence-corrected chi connectivity index (χ1v) is 11.4. The van der Waals surface area contributed by atoms with Crippen molar-refractivity contribution < 1.29 is 14.6 Å². The first kappa shape index (κ1) is 21.6. The maximum absolute atomic E-state index is 11.9. The van der Waals surface area contributed by atoms with E-state index in [1.807, 2.05) is 11.6 Å². The molecule has 2 aliphatic rings. The molecule has 1 fully saturated rings. The van der Waals surface area contributed by atoms with Gasteiger partial charge in [-0.3, -0.25) is 4.79 Å². The van der Waals surface area contributed by atoms with Gasteiger partial charge in [-0.25, -0.2) is 9.67 Å². The van der Waals surface area contributed by atoms with Crippen LogP contribution in [0.2, 0.25) is 0 Å². The van der Waals surface area contributed by atoms with Crippen LogP contribution in [0.1, 0.15) is 37.3 Å². The summed E-state index contributed by atoms with van der Waals surface area (Å²) in [6.07, 6.45) is 6.98. The smallest absolute Gasteiger partial charge is 0.309 e. The minimum absolute atomic E-state index is 0.0159. The van der Waals surface area contributed by atoms with Crippen LogP contribution in [0.3, 0.4) is 0 Å². The number of likely N-dealkylation sites (N-methyl/N-ethyl adjacent to an activating group) is 1. The van der Waals surface area contributed by atoms with Crippen LogP contribution in [0.15, 0.2) is 24.5 Å². The molecule has 33 heavy (non-hydrogen) atoms. The fourth-order valence-electron chi connectivity index (χ4n) is 5.20. The van der Waals surface area contributed by atoms with Crippen molar-refractivity contribution in [3.63, 3.8) is 0 Å². The summed E-state index contributed by atoms with van der Waals surface area (Å²) in [6, 6.07) is 4.21. The standard InChI is InChI=1S/C24H30N6O3/c1-24(22(31)32)7-4-5-18(24)14-30-21-17(12-26-30)11-25-23(28-21)27-19-9-16-13-29(2)8-6-15(16)10-20(19)33-3/h9-12,18H,4-8,13-14H2,1-3H3,(H,31,32)(H,25,27,28). The molecule has 0 amide bonds. The molecule has 0 bridgehead atoms. The van der Waals surface area contributed by atoms with Crippen molar-refractivity contribution in [3.8, 4) is 5.75 Å². The summed E-state index contributed by atoms with van der Waals surface area (Å²) in [5.41, 5.74) is 3.38. The lowest BCUT2D eigenvalue weighted by Gasteiger charge is -2.27. The van der Waals surface area contributed by atoms with Gasteiger partial charge in [0.15, 0.2) is 5.65 Å². The number of rotatable bonds is 6. The van der Waals surface area contributed by atoms with E-state index < -0.39 is 11.4 Å². The predicted molar refractivity (Wildman–Crippen MR) is 125 cm³/mol. The monoisotopic (exact) mass is 450 g/mol. The SMILES string of the molecule is COc1cc2c(cc1Nc1ncc3cnn(CC4CCCC4(C)C(=O)O)c3n1)CN(C)CC2. The minimum atomic E-state index is -0.733. The number of nitrogens with zero attached hydrogens (tertiary/aromatic N) is 5. The Morgan fingerprint density at radius 3 is 2.97 bits per heavy atom. The number of methoxy groups -OCH3 is 1. The van der Waals surface area contributed by atoms with Crippen LogP contribution >= 0.6 is 0 Å². The van der Waals surface area contributed by atoms with Crippen molar-refractivity contribution in [2.75, 3.05) is 26.0 Å². The summed E-state index contributed by atoms with van der Waals surface area (Å²) in [5.74, 6) is 0.503. The van der Waals surface area contributed by atoms with Crippen LogP contribution in [0.4, 0.5) is 11.6 Å². The van der Waals surface area contributed by atoms with Gasteiger partial charge in [0.1, 0.15) is 5.75 Å². The number of nitrogens with one attached hydrogen (secondary N) is 1. The Bertz CT molecular complexity index is 1210. The molecule has 2 aromatic heterocycles. The quantitative estimate of drug-likeness (QED) is 0.588. The molecule has 1 aromatic carbocycles. The zero-order chi connectivity index (χ0) is 23.2. The number of fused-ring (bicyclic) bond motifs is 2. The number of hydrogen-bond donors (Lipinski definition) is 2. The average Bonchev–Trinajstić information content (AvgIpc) is 3.37. The van der Waals surface area contributed by atoms with Gasteiger partial charge in [0.2, 0.25) is 5.95 Å². The molecule has 3 heterocycles. The third-order valence-corrected chi connectivity index (χ3v) is 7.38. The zero-order valence-corrected chi connectivity index (χ0v) is 19.3. The maximum atomic E-state index is 11.9. The average molecular weight is 451 g/mol. The Kier molecular flexibility index (Phi) is 5.44. The van der Waals surface area contributed by atoms with Crippen LogP contribution in [-0.4, -0.2) is 56.4 Å². The van der Waals surface area contributed by atoms with Gasteiger partial charge in [0.05, 0.1) is 29.8 Å². The molecular weight excluding hydrogens is 420 g/mol. The first-order valence-electron chi connectivity index (χ1n) is 11.4. The van der Waals surface area contributed by atoms with E-state index >= 15 is 0 Å². The normalized spacial score (nSPS) is 22.9. The van der Waals surface area contributed by atoms with Gasteiger partial charge in [-0.05, 0) is 62.4 Å². The number of benzene rings is 1. The van der Waals surface area contributed by atoms with Crippen molar-refractivity contribution in [1.82, 2.24) is 24.6 Å². The topological polar surface area (TPSA) is 105 Å². The molecule has 0 spiro atoms. The number of anilines is 2. The first-order chi connectivity index (χ1) is 15.9. The molecule has 3 aromatic rings. The second-order valence-electron chi connectivity index (χ2n) is 9.54. The number of carbonyl (C=O) groups is 1. The fourth-order valence-corrected chi connectivity index (χ4v) is 5.20. The van der Waals surface area contributed by atoms with Gasteiger partial charge in [-0.2, -0.15) is 10.1 Å². The van der Waals surface area contributed by atoms with E-state index in [2.05, 4.69) is 39.5 Å². The number of aliphatic carboxylic acids is 1. The van der Waals surface area contributed by atoms with E-state index in [-0.39, 0.29) is 5.92 Å². The third kappa shape index (κ3) is 3.90. The van der Waals surface area contributed by atoms with Crippen LogP contribution in [0.25, 0.3) is 11.0 Å². The Hall–Kier alpha value is -3.20. The number of ether oxygens (including phenoxy) is 1. The molecule has 1 aliphatic heterocycles. The van der Waals surface area contributed by atoms with Gasteiger partial charge in [-0.1, -0.05) is 6.42 Å². The fraction of sp³-hybridized carbons (Fsp3) is 0.500. The van der Waals surface area contributed by atoms with Gasteiger partial charge in [-0.15, -0.1) is 0 Å². The largest absolute Gasteiger partial charge is 0.495 e. The molecule has 9 nitrogen and oxygen atoms in total. The Morgan fingerprint density at radius 2 is 2.18 bits per heavy atom. The molecule has 2 unspecified atom stereocenters. The number of carboxylic acids is 1. The van der Waals surface area contributed by atoms with E-state index in [0.717, 1.165) is 49.2 Å². The number of aromatic nitrogens is 4. The van der Waals surface area contributed by atoms with Crippen LogP contribution in [0, 0.1) is 11.3 Å². The summed E-state index contributed by atoms with van der Waals surface area (Å²) in [4.78, 5) is 23.4. The molecule has 2 atom stereocenters. The lowest BCUT2D eigenvalue weighted by atomic mass is 9.80. The molecular formula is C24H30N6O3. The second-order valence-corrected chi connectivity index (χ2v) is 9.54. The van der Waals surface area contributed by atoms with E-state index in [9.17, 15) is 9.90 Å². The maximum Gasteiger partial charge on any atom is 0.309 e. The van der Waals surface area contributed by atoms with Crippen molar-refractivity contribution in [3.05, 3.63) is 35.7 Å². The van der Waals surface area contributed by atoms with E-state index in [4.69, 9.17) is 9.72 Å². The molecule has 1 saturated carbocycles.